The molecule has 0 atom stereocenters. The summed E-state index contributed by atoms with van der Waals surface area (Å²) in [6.07, 6.45) is 0.0196. The number of ether oxygens (including phenoxy) is 2. The number of rotatable bonds is 5. The van der Waals surface area contributed by atoms with Crippen LogP contribution in [0.15, 0.2) is 53.3 Å². The number of benzene rings is 1. The van der Waals surface area contributed by atoms with E-state index in [0.29, 0.717) is 22.8 Å². The summed E-state index contributed by atoms with van der Waals surface area (Å²) in [6.45, 7) is 1.84. The molecule has 1 amide bonds. The van der Waals surface area contributed by atoms with Crippen LogP contribution in [-0.4, -0.2) is 34.4 Å². The van der Waals surface area contributed by atoms with Crippen LogP contribution in [-0.2, 0) is 20.9 Å². The van der Waals surface area contributed by atoms with Crippen molar-refractivity contribution in [2.75, 3.05) is 18.1 Å². The van der Waals surface area contributed by atoms with Crippen molar-refractivity contribution in [1.82, 2.24) is 9.38 Å². The van der Waals surface area contributed by atoms with E-state index in [1.165, 1.54) is 15.4 Å². The Kier molecular flexibility index (Phi) is 4.99. The fraction of sp³-hybridized carbons (Fsp3) is 0.238. The standard InChI is InChI=1S/C21H19N3O5/c1-14-5-4-8-18-22-15(11-19(25)24(14)18)12-29-21(27)9-10-23-16-6-2-3-7-17(16)28-13-20(23)26/h2-8,11H,9-10,12-13H2,1H3. The number of amides is 1. The fourth-order valence-electron chi connectivity index (χ4n) is 3.27. The molecule has 0 aliphatic carbocycles. The van der Waals surface area contributed by atoms with Gasteiger partial charge in [-0.3, -0.25) is 18.8 Å². The normalized spacial score (nSPS) is 13.1. The lowest BCUT2D eigenvalue weighted by atomic mass is 10.2. The van der Waals surface area contributed by atoms with E-state index in [1.54, 1.807) is 24.3 Å². The molecule has 0 bridgehead atoms. The second-order valence-corrected chi connectivity index (χ2v) is 6.66. The molecule has 0 N–H and O–H groups in total. The van der Waals surface area contributed by atoms with Crippen LogP contribution >= 0.6 is 0 Å². The smallest absolute Gasteiger partial charge is 0.307 e. The molecule has 0 saturated carbocycles. The zero-order chi connectivity index (χ0) is 20.4. The van der Waals surface area contributed by atoms with Crippen molar-refractivity contribution in [2.24, 2.45) is 0 Å². The molecule has 0 radical (unpaired) electrons. The number of para-hydroxylation sites is 2. The van der Waals surface area contributed by atoms with Gasteiger partial charge in [0.05, 0.1) is 17.8 Å². The van der Waals surface area contributed by atoms with E-state index in [2.05, 4.69) is 4.98 Å². The Bertz CT molecular complexity index is 1150. The second kappa shape index (κ2) is 7.75. The van der Waals surface area contributed by atoms with E-state index >= 15 is 0 Å². The van der Waals surface area contributed by atoms with Crippen molar-refractivity contribution in [3.63, 3.8) is 0 Å². The van der Waals surface area contributed by atoms with Crippen LogP contribution in [0.25, 0.3) is 5.65 Å². The summed E-state index contributed by atoms with van der Waals surface area (Å²) in [6, 6.07) is 13.9. The first-order valence-corrected chi connectivity index (χ1v) is 9.19. The van der Waals surface area contributed by atoms with Gasteiger partial charge in [-0.2, -0.15) is 0 Å². The van der Waals surface area contributed by atoms with E-state index in [4.69, 9.17) is 9.47 Å². The predicted molar refractivity (Wildman–Crippen MR) is 105 cm³/mol. The quantitative estimate of drug-likeness (QED) is 0.615. The molecule has 4 rings (SSSR count). The van der Waals surface area contributed by atoms with Crippen LogP contribution in [0.4, 0.5) is 5.69 Å². The third kappa shape index (κ3) is 3.82. The number of carbonyl (C=O) groups is 2. The van der Waals surface area contributed by atoms with Crippen molar-refractivity contribution in [3.8, 4) is 5.75 Å². The summed E-state index contributed by atoms with van der Waals surface area (Å²) >= 11 is 0. The topological polar surface area (TPSA) is 90.2 Å². The van der Waals surface area contributed by atoms with Crippen LogP contribution in [0.1, 0.15) is 17.8 Å². The Balaban J connectivity index is 1.39. The number of carbonyl (C=O) groups excluding carboxylic acids is 2. The van der Waals surface area contributed by atoms with Gasteiger partial charge in [0.15, 0.2) is 6.61 Å². The van der Waals surface area contributed by atoms with Crippen LogP contribution in [0.5, 0.6) is 5.75 Å². The van der Waals surface area contributed by atoms with Crippen molar-refractivity contribution in [2.45, 2.75) is 20.0 Å². The molecule has 1 aliphatic rings. The molecule has 1 aliphatic heterocycles. The maximum Gasteiger partial charge on any atom is 0.307 e. The predicted octanol–water partition coefficient (Wildman–Crippen LogP) is 1.86. The van der Waals surface area contributed by atoms with Gasteiger partial charge in [0.2, 0.25) is 0 Å². The number of pyridine rings is 1. The van der Waals surface area contributed by atoms with E-state index in [0.717, 1.165) is 5.69 Å². The summed E-state index contributed by atoms with van der Waals surface area (Å²) in [7, 11) is 0. The highest BCUT2D eigenvalue weighted by Gasteiger charge is 2.25. The zero-order valence-corrected chi connectivity index (χ0v) is 15.8. The van der Waals surface area contributed by atoms with Crippen molar-refractivity contribution in [1.29, 1.82) is 0 Å². The average molecular weight is 393 g/mol. The van der Waals surface area contributed by atoms with Gasteiger partial charge in [-0.1, -0.05) is 18.2 Å². The Morgan fingerprint density at radius 1 is 1.17 bits per heavy atom. The zero-order valence-electron chi connectivity index (χ0n) is 15.8. The Labute approximate surface area is 166 Å². The Hall–Kier alpha value is -3.68. The number of anilines is 1. The molecule has 0 unspecified atom stereocenters. The molecule has 8 nitrogen and oxygen atoms in total. The molecule has 1 aromatic carbocycles. The molecule has 0 saturated heterocycles. The first-order valence-electron chi connectivity index (χ1n) is 9.19. The monoisotopic (exact) mass is 393 g/mol. The number of aryl methyl sites for hydroxylation is 1. The van der Waals surface area contributed by atoms with Crippen molar-refractivity contribution >= 4 is 23.2 Å². The van der Waals surface area contributed by atoms with Gasteiger partial charge in [-0.05, 0) is 31.2 Å². The minimum Gasteiger partial charge on any atom is -0.482 e. The minimum atomic E-state index is -0.479. The highest BCUT2D eigenvalue weighted by molar-refractivity contribution is 5.98. The van der Waals surface area contributed by atoms with Gasteiger partial charge in [0.25, 0.3) is 11.5 Å². The summed E-state index contributed by atoms with van der Waals surface area (Å²) < 4.78 is 12.1. The van der Waals surface area contributed by atoms with Gasteiger partial charge in [-0.15, -0.1) is 0 Å². The van der Waals surface area contributed by atoms with E-state index in [9.17, 15) is 14.4 Å². The Morgan fingerprint density at radius 2 is 2.00 bits per heavy atom. The highest BCUT2D eigenvalue weighted by Crippen LogP contribution is 2.31. The molecule has 148 valence electrons. The minimum absolute atomic E-state index is 0.0196. The molecule has 3 heterocycles. The fourth-order valence-corrected chi connectivity index (χ4v) is 3.27. The first kappa shape index (κ1) is 18.7. The first-order chi connectivity index (χ1) is 14.0. The lowest BCUT2D eigenvalue weighted by molar-refractivity contribution is -0.144. The largest absolute Gasteiger partial charge is 0.482 e. The maximum absolute atomic E-state index is 12.3. The van der Waals surface area contributed by atoms with Crippen LogP contribution in [0.2, 0.25) is 0 Å². The molecule has 3 aromatic rings. The number of fused-ring (bicyclic) bond motifs is 2. The van der Waals surface area contributed by atoms with Crippen LogP contribution in [0, 0.1) is 6.92 Å². The van der Waals surface area contributed by atoms with Gasteiger partial charge in [-0.25, -0.2) is 4.98 Å². The summed E-state index contributed by atoms with van der Waals surface area (Å²) in [5.41, 5.74) is 2.06. The molecule has 8 heteroatoms. The number of nitrogens with zero attached hydrogens (tertiary/aromatic N) is 3. The number of aromatic nitrogens is 2. The molecular weight excluding hydrogens is 374 g/mol. The lowest BCUT2D eigenvalue weighted by Crippen LogP contribution is -2.40. The SMILES string of the molecule is Cc1cccc2nc(COC(=O)CCN3C(=O)COc4ccccc43)cc(=O)n12. The third-order valence-electron chi connectivity index (χ3n) is 4.66. The van der Waals surface area contributed by atoms with Crippen molar-refractivity contribution < 1.29 is 19.1 Å². The number of hydrogen-bond donors (Lipinski definition) is 0. The van der Waals surface area contributed by atoms with E-state index in [-0.39, 0.29) is 37.6 Å². The number of hydrogen-bond acceptors (Lipinski definition) is 6. The van der Waals surface area contributed by atoms with Gasteiger partial charge < -0.3 is 14.4 Å². The number of esters is 1. The third-order valence-corrected chi connectivity index (χ3v) is 4.66. The van der Waals surface area contributed by atoms with E-state index in [1.807, 2.05) is 25.1 Å². The lowest BCUT2D eigenvalue weighted by Gasteiger charge is -2.28. The molecule has 29 heavy (non-hydrogen) atoms. The Morgan fingerprint density at radius 3 is 2.86 bits per heavy atom. The van der Waals surface area contributed by atoms with Gasteiger partial charge in [0, 0.05) is 18.3 Å². The molecule has 2 aromatic heterocycles. The highest BCUT2D eigenvalue weighted by atomic mass is 16.5. The van der Waals surface area contributed by atoms with Gasteiger partial charge in [0.1, 0.15) is 18.0 Å². The van der Waals surface area contributed by atoms with Gasteiger partial charge >= 0.3 is 5.97 Å². The second-order valence-electron chi connectivity index (χ2n) is 6.66. The molecule has 0 spiro atoms. The van der Waals surface area contributed by atoms with E-state index < -0.39 is 5.97 Å². The maximum atomic E-state index is 12.3. The van der Waals surface area contributed by atoms with Crippen molar-refractivity contribution in [3.05, 3.63) is 70.3 Å². The summed E-state index contributed by atoms with van der Waals surface area (Å²) in [4.78, 5) is 42.5. The molecule has 0 fully saturated rings. The van der Waals surface area contributed by atoms with Crippen LogP contribution < -0.4 is 15.2 Å². The molecular formula is C21H19N3O5. The summed E-state index contributed by atoms with van der Waals surface area (Å²) in [5, 5.41) is 0. The average Bonchev–Trinajstić information content (AvgIpc) is 2.71. The summed E-state index contributed by atoms with van der Waals surface area (Å²) in [5.74, 6) is -0.0827. The van der Waals surface area contributed by atoms with Crippen LogP contribution in [0.3, 0.4) is 0 Å².